The molecule has 1 nitrogen and oxygen atoms in total. The molecule has 0 aliphatic rings. The van der Waals surface area contributed by atoms with Crippen molar-refractivity contribution in [3.8, 4) is 0 Å². The lowest BCUT2D eigenvalue weighted by atomic mass is 9.99. The van der Waals surface area contributed by atoms with Crippen molar-refractivity contribution in [2.45, 2.75) is 33.6 Å². The summed E-state index contributed by atoms with van der Waals surface area (Å²) in [4.78, 5) is 0. The van der Waals surface area contributed by atoms with Gasteiger partial charge in [-0.2, -0.15) is 0 Å². The Kier molecular flexibility index (Phi) is 9.19. The topological polar surface area (TPSA) is 12.0 Å². The summed E-state index contributed by atoms with van der Waals surface area (Å²) in [6.45, 7) is 12.4. The Labute approximate surface area is 95.0 Å². The fourth-order valence-corrected chi connectivity index (χ4v) is 1.40. The summed E-state index contributed by atoms with van der Waals surface area (Å²) in [5, 5.41) is 3.38. The minimum atomic E-state index is 0.577. The second kappa shape index (κ2) is 9.72. The Morgan fingerprint density at radius 3 is 2.67 bits per heavy atom. The van der Waals surface area contributed by atoms with Gasteiger partial charge in [0.1, 0.15) is 0 Å². The molecule has 86 valence electrons. The van der Waals surface area contributed by atoms with Crippen molar-refractivity contribution in [3.63, 3.8) is 0 Å². The summed E-state index contributed by atoms with van der Waals surface area (Å²) in [5.74, 6) is 0.577. The van der Waals surface area contributed by atoms with E-state index in [-0.39, 0.29) is 0 Å². The lowest BCUT2D eigenvalue weighted by Gasteiger charge is -2.13. The van der Waals surface area contributed by atoms with E-state index in [1.165, 1.54) is 12.0 Å². The van der Waals surface area contributed by atoms with Crippen LogP contribution >= 0.6 is 0 Å². The standard InChI is InChI=1S/C14H25N/c1-5-8-10-14(11-9-6-2)13(4)12-15-7-3/h5,8,10-11,13,15H,1,6-7,9,12H2,2-4H3/b10-8-,14-11+. The first-order valence-electron chi connectivity index (χ1n) is 5.96. The summed E-state index contributed by atoms with van der Waals surface area (Å²) in [6, 6.07) is 0. The maximum absolute atomic E-state index is 3.70. The molecule has 0 saturated heterocycles. The molecule has 0 aromatic heterocycles. The second-order valence-corrected chi connectivity index (χ2v) is 3.80. The Hall–Kier alpha value is -0.820. The first kappa shape index (κ1) is 14.2. The molecule has 0 amide bonds. The lowest BCUT2D eigenvalue weighted by Crippen LogP contribution is -2.21. The van der Waals surface area contributed by atoms with E-state index >= 15 is 0 Å². The maximum Gasteiger partial charge on any atom is 0.00172 e. The maximum atomic E-state index is 3.70. The van der Waals surface area contributed by atoms with Crippen LogP contribution in [0, 0.1) is 5.92 Å². The third-order valence-corrected chi connectivity index (χ3v) is 2.36. The highest BCUT2D eigenvalue weighted by atomic mass is 14.8. The zero-order valence-corrected chi connectivity index (χ0v) is 10.4. The van der Waals surface area contributed by atoms with Gasteiger partial charge in [0.2, 0.25) is 0 Å². The van der Waals surface area contributed by atoms with Gasteiger partial charge in [0.05, 0.1) is 0 Å². The number of rotatable bonds is 8. The van der Waals surface area contributed by atoms with Crippen LogP contribution in [0.25, 0.3) is 0 Å². The highest BCUT2D eigenvalue weighted by Crippen LogP contribution is 2.13. The van der Waals surface area contributed by atoms with E-state index in [4.69, 9.17) is 0 Å². The zero-order valence-electron chi connectivity index (χ0n) is 10.4. The van der Waals surface area contributed by atoms with Gasteiger partial charge >= 0.3 is 0 Å². The highest BCUT2D eigenvalue weighted by Gasteiger charge is 2.04. The van der Waals surface area contributed by atoms with Crippen molar-refractivity contribution >= 4 is 0 Å². The van der Waals surface area contributed by atoms with Gasteiger partial charge in [-0.3, -0.25) is 0 Å². The van der Waals surface area contributed by atoms with Crippen LogP contribution in [0.1, 0.15) is 33.6 Å². The van der Waals surface area contributed by atoms with Crippen molar-refractivity contribution in [2.75, 3.05) is 13.1 Å². The predicted molar refractivity (Wildman–Crippen MR) is 70.0 cm³/mol. The Morgan fingerprint density at radius 2 is 2.13 bits per heavy atom. The molecule has 15 heavy (non-hydrogen) atoms. The van der Waals surface area contributed by atoms with Crippen LogP contribution in [-0.4, -0.2) is 13.1 Å². The van der Waals surface area contributed by atoms with Gasteiger partial charge in [0, 0.05) is 6.54 Å². The molecule has 0 bridgehead atoms. The van der Waals surface area contributed by atoms with Crippen LogP contribution in [-0.2, 0) is 0 Å². The van der Waals surface area contributed by atoms with Crippen LogP contribution in [0.15, 0.2) is 36.5 Å². The normalized spacial score (nSPS) is 14.5. The van der Waals surface area contributed by atoms with Crippen LogP contribution < -0.4 is 5.32 Å². The highest BCUT2D eigenvalue weighted by molar-refractivity contribution is 5.24. The van der Waals surface area contributed by atoms with E-state index in [9.17, 15) is 0 Å². The Morgan fingerprint density at radius 1 is 1.40 bits per heavy atom. The monoisotopic (exact) mass is 207 g/mol. The quantitative estimate of drug-likeness (QED) is 0.598. The smallest absolute Gasteiger partial charge is 0.00172 e. The first-order chi connectivity index (χ1) is 7.26. The van der Waals surface area contributed by atoms with Gasteiger partial charge in [-0.05, 0) is 24.5 Å². The summed E-state index contributed by atoms with van der Waals surface area (Å²) in [7, 11) is 0. The van der Waals surface area contributed by atoms with Gasteiger partial charge in [-0.15, -0.1) is 0 Å². The molecule has 0 aromatic rings. The average molecular weight is 207 g/mol. The summed E-state index contributed by atoms with van der Waals surface area (Å²) < 4.78 is 0. The molecule has 1 unspecified atom stereocenters. The molecule has 0 heterocycles. The summed E-state index contributed by atoms with van der Waals surface area (Å²) in [5.41, 5.74) is 1.41. The van der Waals surface area contributed by atoms with Gasteiger partial charge < -0.3 is 5.32 Å². The molecular weight excluding hydrogens is 182 g/mol. The van der Waals surface area contributed by atoms with Crippen LogP contribution in [0.2, 0.25) is 0 Å². The summed E-state index contributed by atoms with van der Waals surface area (Å²) in [6.07, 6.45) is 10.7. The van der Waals surface area contributed by atoms with Crippen LogP contribution in [0.3, 0.4) is 0 Å². The van der Waals surface area contributed by atoms with E-state index in [1.54, 1.807) is 0 Å². The number of hydrogen-bond donors (Lipinski definition) is 1. The molecule has 0 spiro atoms. The molecule has 0 radical (unpaired) electrons. The molecule has 0 saturated carbocycles. The fraction of sp³-hybridized carbons (Fsp3) is 0.571. The molecule has 0 aliphatic carbocycles. The number of allylic oxidation sites excluding steroid dienone is 4. The van der Waals surface area contributed by atoms with E-state index in [0.29, 0.717) is 5.92 Å². The van der Waals surface area contributed by atoms with E-state index in [1.807, 2.05) is 12.2 Å². The molecular formula is C14H25N. The number of hydrogen-bond acceptors (Lipinski definition) is 1. The largest absolute Gasteiger partial charge is 0.316 e. The fourth-order valence-electron chi connectivity index (χ4n) is 1.40. The third-order valence-electron chi connectivity index (χ3n) is 2.36. The van der Waals surface area contributed by atoms with Crippen LogP contribution in [0.5, 0.6) is 0 Å². The predicted octanol–water partition coefficient (Wildman–Crippen LogP) is 3.70. The van der Waals surface area contributed by atoms with Crippen molar-refractivity contribution in [3.05, 3.63) is 36.5 Å². The first-order valence-corrected chi connectivity index (χ1v) is 5.96. The van der Waals surface area contributed by atoms with E-state index in [0.717, 1.165) is 19.5 Å². The average Bonchev–Trinajstić information content (AvgIpc) is 2.26. The molecule has 0 aromatic carbocycles. The number of nitrogens with one attached hydrogen (secondary N) is 1. The molecule has 0 rings (SSSR count). The minimum Gasteiger partial charge on any atom is -0.316 e. The van der Waals surface area contributed by atoms with Crippen molar-refractivity contribution in [1.29, 1.82) is 0 Å². The molecule has 1 atom stereocenters. The van der Waals surface area contributed by atoms with Gasteiger partial charge in [-0.25, -0.2) is 0 Å². The zero-order chi connectivity index (χ0) is 11.5. The molecule has 0 aliphatic heterocycles. The SMILES string of the molecule is C=C/C=C\C(=C/CCC)C(C)CNCC. The van der Waals surface area contributed by atoms with Crippen LogP contribution in [0.4, 0.5) is 0 Å². The Bertz CT molecular complexity index is 213. The molecule has 1 N–H and O–H groups in total. The Balaban J connectivity index is 4.32. The molecule has 1 heteroatoms. The van der Waals surface area contributed by atoms with Gasteiger partial charge in [0.25, 0.3) is 0 Å². The van der Waals surface area contributed by atoms with Gasteiger partial charge in [0.15, 0.2) is 0 Å². The third kappa shape index (κ3) is 7.15. The molecule has 0 fully saturated rings. The lowest BCUT2D eigenvalue weighted by molar-refractivity contribution is 0.593. The van der Waals surface area contributed by atoms with E-state index in [2.05, 4.69) is 44.8 Å². The second-order valence-electron chi connectivity index (χ2n) is 3.80. The minimum absolute atomic E-state index is 0.577. The van der Waals surface area contributed by atoms with Crippen molar-refractivity contribution in [1.82, 2.24) is 5.32 Å². The van der Waals surface area contributed by atoms with E-state index < -0.39 is 0 Å². The summed E-state index contributed by atoms with van der Waals surface area (Å²) >= 11 is 0. The van der Waals surface area contributed by atoms with Gasteiger partial charge in [-0.1, -0.05) is 58.1 Å². The van der Waals surface area contributed by atoms with Crippen molar-refractivity contribution in [2.24, 2.45) is 5.92 Å². The number of unbranched alkanes of at least 4 members (excludes halogenated alkanes) is 1. The van der Waals surface area contributed by atoms with Crippen molar-refractivity contribution < 1.29 is 0 Å².